The molecule has 9 heteroatoms. The van der Waals surface area contributed by atoms with Gasteiger partial charge in [0.2, 0.25) is 11.8 Å². The minimum Gasteiger partial charge on any atom is -0.465 e. The Hall–Kier alpha value is -2.58. The smallest absolute Gasteiger partial charge is 0.416 e. The van der Waals surface area contributed by atoms with E-state index in [4.69, 9.17) is 4.74 Å². The Balaban J connectivity index is 1.72. The summed E-state index contributed by atoms with van der Waals surface area (Å²) in [5.74, 6) is -1.63. The molecule has 2 aliphatic rings. The molecule has 1 aliphatic heterocycles. The average molecular weight is 412 g/mol. The number of halogens is 3. The van der Waals surface area contributed by atoms with Gasteiger partial charge in [0.1, 0.15) is 6.54 Å². The fraction of sp³-hybridized carbons (Fsp3) is 0.550. The van der Waals surface area contributed by atoms with Crippen LogP contribution in [0.1, 0.15) is 31.7 Å². The van der Waals surface area contributed by atoms with Crippen LogP contribution in [0, 0.1) is 11.8 Å². The molecule has 1 aliphatic carbocycles. The Bertz CT molecular complexity index is 792. The zero-order valence-corrected chi connectivity index (χ0v) is 16.1. The fourth-order valence-electron chi connectivity index (χ4n) is 3.44. The van der Waals surface area contributed by atoms with E-state index in [-0.39, 0.29) is 37.7 Å². The van der Waals surface area contributed by atoms with Crippen LogP contribution in [0.4, 0.5) is 18.9 Å². The van der Waals surface area contributed by atoms with Gasteiger partial charge in [-0.25, -0.2) is 0 Å². The molecule has 1 heterocycles. The number of esters is 1. The Morgan fingerprint density at radius 1 is 1.28 bits per heavy atom. The monoisotopic (exact) mass is 412 g/mol. The van der Waals surface area contributed by atoms with Crippen molar-refractivity contribution in [2.75, 3.05) is 31.1 Å². The molecule has 3 rings (SSSR count). The van der Waals surface area contributed by atoms with Crippen molar-refractivity contribution in [3.63, 3.8) is 0 Å². The number of benzene rings is 1. The third-order valence-corrected chi connectivity index (χ3v) is 5.07. The minimum absolute atomic E-state index is 0.0109. The summed E-state index contributed by atoms with van der Waals surface area (Å²) < 4.78 is 43.8. The van der Waals surface area contributed by atoms with Crippen LogP contribution in [0.3, 0.4) is 0 Å². The molecule has 0 spiro atoms. The van der Waals surface area contributed by atoms with E-state index in [9.17, 15) is 27.6 Å². The SMILES string of the molecule is CCOC(=O)CN(CC1CC1)C(=O)C1CC(=O)N(c2cccc(C(F)(F)F)c2)C1. The summed E-state index contributed by atoms with van der Waals surface area (Å²) in [5.41, 5.74) is -0.741. The van der Waals surface area contributed by atoms with Gasteiger partial charge in [-0.3, -0.25) is 14.4 Å². The molecule has 29 heavy (non-hydrogen) atoms. The number of nitrogens with zero attached hydrogens (tertiary/aromatic N) is 2. The Labute approximate surface area is 166 Å². The van der Waals surface area contributed by atoms with Gasteiger partial charge in [0, 0.05) is 25.2 Å². The molecule has 1 unspecified atom stereocenters. The van der Waals surface area contributed by atoms with Crippen molar-refractivity contribution in [3.05, 3.63) is 29.8 Å². The number of hydrogen-bond acceptors (Lipinski definition) is 4. The number of carbonyl (C=O) groups excluding carboxylic acids is 3. The topological polar surface area (TPSA) is 66.9 Å². The van der Waals surface area contributed by atoms with Crippen LogP contribution >= 0.6 is 0 Å². The summed E-state index contributed by atoms with van der Waals surface area (Å²) >= 11 is 0. The van der Waals surface area contributed by atoms with Crippen LogP contribution in [0.15, 0.2) is 24.3 Å². The van der Waals surface area contributed by atoms with Gasteiger partial charge in [-0.1, -0.05) is 6.07 Å². The lowest BCUT2D eigenvalue weighted by Gasteiger charge is -2.25. The van der Waals surface area contributed by atoms with Crippen molar-refractivity contribution in [1.29, 1.82) is 0 Å². The highest BCUT2D eigenvalue weighted by atomic mass is 19.4. The second-order valence-corrected chi connectivity index (χ2v) is 7.42. The highest BCUT2D eigenvalue weighted by molar-refractivity contribution is 6.00. The predicted molar refractivity (Wildman–Crippen MR) is 97.8 cm³/mol. The molecule has 1 saturated heterocycles. The zero-order valence-electron chi connectivity index (χ0n) is 16.1. The number of anilines is 1. The number of ether oxygens (including phenoxy) is 1. The van der Waals surface area contributed by atoms with Crippen molar-refractivity contribution >= 4 is 23.5 Å². The van der Waals surface area contributed by atoms with Gasteiger partial charge in [0.25, 0.3) is 0 Å². The van der Waals surface area contributed by atoms with Gasteiger partial charge in [-0.2, -0.15) is 13.2 Å². The molecule has 1 aromatic rings. The number of rotatable bonds is 7. The van der Waals surface area contributed by atoms with Crippen LogP contribution in [0.25, 0.3) is 0 Å². The molecule has 0 N–H and O–H groups in total. The van der Waals surface area contributed by atoms with Crippen LogP contribution in [0.5, 0.6) is 0 Å². The van der Waals surface area contributed by atoms with Crippen LogP contribution in [-0.2, 0) is 25.3 Å². The second kappa shape index (κ2) is 8.42. The lowest BCUT2D eigenvalue weighted by Crippen LogP contribution is -2.42. The van der Waals surface area contributed by atoms with E-state index in [1.807, 2.05) is 0 Å². The van der Waals surface area contributed by atoms with E-state index in [0.717, 1.165) is 25.0 Å². The summed E-state index contributed by atoms with van der Waals surface area (Å²) in [6.45, 7) is 2.11. The summed E-state index contributed by atoms with van der Waals surface area (Å²) in [4.78, 5) is 39.9. The van der Waals surface area contributed by atoms with Crippen molar-refractivity contribution in [1.82, 2.24) is 4.90 Å². The van der Waals surface area contributed by atoms with Crippen LogP contribution in [-0.4, -0.2) is 48.9 Å². The fourth-order valence-corrected chi connectivity index (χ4v) is 3.44. The van der Waals surface area contributed by atoms with Crippen LogP contribution in [0.2, 0.25) is 0 Å². The van der Waals surface area contributed by atoms with Gasteiger partial charge in [0.05, 0.1) is 18.1 Å². The number of hydrogen-bond donors (Lipinski definition) is 0. The van der Waals surface area contributed by atoms with Crippen molar-refractivity contribution in [3.8, 4) is 0 Å². The van der Waals surface area contributed by atoms with Gasteiger partial charge in [-0.05, 0) is 43.9 Å². The number of carbonyl (C=O) groups is 3. The molecule has 1 aromatic carbocycles. The molecule has 2 fully saturated rings. The first-order valence-electron chi connectivity index (χ1n) is 9.61. The average Bonchev–Trinajstić information content (AvgIpc) is 3.39. The van der Waals surface area contributed by atoms with Crippen molar-refractivity contribution in [2.45, 2.75) is 32.4 Å². The maximum atomic E-state index is 13.0. The first-order valence-corrected chi connectivity index (χ1v) is 9.61. The highest BCUT2D eigenvalue weighted by Crippen LogP contribution is 2.34. The molecular weight excluding hydrogens is 389 g/mol. The summed E-state index contributed by atoms with van der Waals surface area (Å²) in [6.07, 6.45) is -2.66. The quantitative estimate of drug-likeness (QED) is 0.646. The normalized spacial score (nSPS) is 19.4. The Morgan fingerprint density at radius 3 is 2.62 bits per heavy atom. The molecule has 0 radical (unpaired) electrons. The van der Waals surface area contributed by atoms with E-state index in [1.54, 1.807) is 6.92 Å². The number of alkyl halides is 3. The highest BCUT2D eigenvalue weighted by Gasteiger charge is 2.40. The van der Waals surface area contributed by atoms with E-state index in [2.05, 4.69) is 0 Å². The molecular formula is C20H23F3N2O4. The van der Waals surface area contributed by atoms with E-state index < -0.39 is 29.5 Å². The largest absolute Gasteiger partial charge is 0.465 e. The van der Waals surface area contributed by atoms with E-state index in [1.165, 1.54) is 21.9 Å². The molecule has 2 amide bonds. The van der Waals surface area contributed by atoms with Gasteiger partial charge in [0.15, 0.2) is 0 Å². The second-order valence-electron chi connectivity index (χ2n) is 7.42. The summed E-state index contributed by atoms with van der Waals surface area (Å²) in [5, 5.41) is 0. The molecule has 1 atom stereocenters. The minimum atomic E-state index is -4.52. The van der Waals surface area contributed by atoms with Gasteiger partial charge < -0.3 is 14.5 Å². The zero-order chi connectivity index (χ0) is 21.2. The Kier molecular flexibility index (Phi) is 6.14. The maximum Gasteiger partial charge on any atom is 0.416 e. The first-order chi connectivity index (χ1) is 13.7. The van der Waals surface area contributed by atoms with Crippen molar-refractivity contribution < 1.29 is 32.3 Å². The predicted octanol–water partition coefficient (Wildman–Crippen LogP) is 2.86. The van der Waals surface area contributed by atoms with Gasteiger partial charge in [-0.15, -0.1) is 0 Å². The summed E-state index contributed by atoms with van der Waals surface area (Å²) in [7, 11) is 0. The number of amides is 2. The molecule has 1 saturated carbocycles. The van der Waals surface area contributed by atoms with Crippen LogP contribution < -0.4 is 4.90 Å². The Morgan fingerprint density at radius 2 is 2.00 bits per heavy atom. The van der Waals surface area contributed by atoms with Gasteiger partial charge >= 0.3 is 12.1 Å². The standard InChI is InChI=1S/C20H23F3N2O4/c1-2-29-18(27)12-24(10-13-6-7-13)19(28)14-8-17(26)25(11-14)16-5-3-4-15(9-16)20(21,22)23/h3-5,9,13-14H,2,6-8,10-12H2,1H3. The summed E-state index contributed by atoms with van der Waals surface area (Å²) in [6, 6.07) is 4.50. The maximum absolute atomic E-state index is 13.0. The lowest BCUT2D eigenvalue weighted by atomic mass is 10.1. The van der Waals surface area contributed by atoms with Crippen molar-refractivity contribution in [2.24, 2.45) is 11.8 Å². The van der Waals surface area contributed by atoms with E-state index in [0.29, 0.717) is 12.5 Å². The molecule has 6 nitrogen and oxygen atoms in total. The third-order valence-electron chi connectivity index (χ3n) is 5.07. The van der Waals surface area contributed by atoms with E-state index >= 15 is 0 Å². The molecule has 158 valence electrons. The molecule has 0 bridgehead atoms. The first kappa shape index (κ1) is 21.1. The lowest BCUT2D eigenvalue weighted by molar-refractivity contribution is -0.150. The molecule has 0 aromatic heterocycles. The third kappa shape index (κ3) is 5.27.